The van der Waals surface area contributed by atoms with Crippen molar-refractivity contribution in [3.05, 3.63) is 23.0 Å². The molecule has 0 unspecified atom stereocenters. The third-order valence-electron chi connectivity index (χ3n) is 2.05. The smallest absolute Gasteiger partial charge is 0.403 e. The maximum Gasteiger partial charge on any atom is 0.573 e. The van der Waals surface area contributed by atoms with Gasteiger partial charge in [-0.05, 0) is 0 Å². The minimum Gasteiger partial charge on any atom is -0.403 e. The largest absolute Gasteiger partial charge is 0.573 e. The van der Waals surface area contributed by atoms with Gasteiger partial charge < -0.3 is 15.6 Å². The van der Waals surface area contributed by atoms with Crippen LogP contribution in [0, 0.1) is 0 Å². The molecule has 0 radical (unpaired) electrons. The zero-order valence-electron chi connectivity index (χ0n) is 8.84. The zero-order chi connectivity index (χ0) is 13.9. The molecular formula is C9H9F5N2O2. The molecule has 3 N–H and O–H groups in total. The number of nitrogens with zero attached hydrogens (tertiary/aromatic N) is 1. The van der Waals surface area contributed by atoms with Crippen LogP contribution in [0.5, 0.6) is 5.75 Å². The maximum atomic E-state index is 12.5. The van der Waals surface area contributed by atoms with E-state index in [2.05, 4.69) is 9.72 Å². The number of pyridine rings is 1. The van der Waals surface area contributed by atoms with Crippen LogP contribution < -0.4 is 10.5 Å². The minimum atomic E-state index is -5.15. The van der Waals surface area contributed by atoms with Crippen LogP contribution >= 0.6 is 0 Å². The Bertz CT molecular complexity index is 422. The van der Waals surface area contributed by atoms with Gasteiger partial charge in [-0.15, -0.1) is 13.2 Å². The van der Waals surface area contributed by atoms with Crippen LogP contribution in [-0.4, -0.2) is 16.5 Å². The number of alkyl halides is 5. The maximum absolute atomic E-state index is 12.5. The molecule has 0 fully saturated rings. The molecule has 0 spiro atoms. The Morgan fingerprint density at radius 3 is 2.39 bits per heavy atom. The lowest BCUT2D eigenvalue weighted by Gasteiger charge is -2.17. The van der Waals surface area contributed by atoms with Crippen LogP contribution in [0.15, 0.2) is 6.20 Å². The average molecular weight is 272 g/mol. The molecule has 0 atom stereocenters. The van der Waals surface area contributed by atoms with Gasteiger partial charge in [0.1, 0.15) is 5.69 Å². The quantitative estimate of drug-likeness (QED) is 0.821. The molecule has 1 aromatic heterocycles. The molecular weight excluding hydrogens is 263 g/mol. The molecule has 0 aliphatic heterocycles. The van der Waals surface area contributed by atoms with Crippen molar-refractivity contribution >= 4 is 0 Å². The third-order valence-corrected chi connectivity index (χ3v) is 2.05. The first-order valence-corrected chi connectivity index (χ1v) is 4.65. The van der Waals surface area contributed by atoms with Crippen LogP contribution in [0.2, 0.25) is 0 Å². The first-order valence-electron chi connectivity index (χ1n) is 4.65. The summed E-state index contributed by atoms with van der Waals surface area (Å²) in [5.41, 5.74) is 3.58. The summed E-state index contributed by atoms with van der Waals surface area (Å²) in [5.74, 6) is -1.15. The number of hydrogen-bond acceptors (Lipinski definition) is 4. The van der Waals surface area contributed by atoms with Gasteiger partial charge in [0.15, 0.2) is 5.75 Å². The van der Waals surface area contributed by atoms with Crippen molar-refractivity contribution < 1.29 is 31.8 Å². The van der Waals surface area contributed by atoms with Crippen molar-refractivity contribution in [1.82, 2.24) is 4.98 Å². The second-order valence-corrected chi connectivity index (χ2v) is 3.19. The van der Waals surface area contributed by atoms with Crippen molar-refractivity contribution in [2.24, 2.45) is 5.73 Å². The van der Waals surface area contributed by atoms with E-state index in [1.54, 1.807) is 0 Å². The Hall–Kier alpha value is -1.48. The highest BCUT2D eigenvalue weighted by Crippen LogP contribution is 2.35. The van der Waals surface area contributed by atoms with E-state index in [4.69, 9.17) is 10.8 Å². The number of aromatic nitrogens is 1. The van der Waals surface area contributed by atoms with Gasteiger partial charge in [0, 0.05) is 23.9 Å². The number of ether oxygens (including phenoxy) is 1. The molecule has 0 aromatic carbocycles. The van der Waals surface area contributed by atoms with Crippen molar-refractivity contribution in [2.45, 2.75) is 25.9 Å². The van der Waals surface area contributed by atoms with Gasteiger partial charge in [0.2, 0.25) is 0 Å². The summed E-state index contributed by atoms with van der Waals surface area (Å²) in [5, 5.41) is 8.88. The molecule has 0 aliphatic carbocycles. The van der Waals surface area contributed by atoms with Crippen molar-refractivity contribution in [3.63, 3.8) is 0 Å². The van der Waals surface area contributed by atoms with Gasteiger partial charge in [-0.2, -0.15) is 0 Å². The number of rotatable bonds is 4. The van der Waals surface area contributed by atoms with Crippen molar-refractivity contribution in [1.29, 1.82) is 0 Å². The molecule has 0 amide bonds. The van der Waals surface area contributed by atoms with E-state index in [9.17, 15) is 22.0 Å². The summed E-state index contributed by atoms with van der Waals surface area (Å²) in [6, 6.07) is 0. The summed E-state index contributed by atoms with van der Waals surface area (Å²) in [4.78, 5) is 3.15. The van der Waals surface area contributed by atoms with Crippen LogP contribution in [0.1, 0.15) is 23.2 Å². The summed E-state index contributed by atoms with van der Waals surface area (Å²) in [7, 11) is 0. The van der Waals surface area contributed by atoms with Crippen molar-refractivity contribution in [3.8, 4) is 5.75 Å². The minimum absolute atomic E-state index is 0.0962. The SMILES string of the molecule is NCc1c(CO)cnc(C(F)F)c1OC(F)(F)F. The Balaban J connectivity index is 3.38. The lowest BCUT2D eigenvalue weighted by atomic mass is 10.1. The molecule has 0 saturated carbocycles. The highest BCUT2D eigenvalue weighted by atomic mass is 19.4. The van der Waals surface area contributed by atoms with E-state index in [1.807, 2.05) is 0 Å². The fourth-order valence-electron chi connectivity index (χ4n) is 1.33. The van der Waals surface area contributed by atoms with Crippen molar-refractivity contribution in [2.75, 3.05) is 0 Å². The summed E-state index contributed by atoms with van der Waals surface area (Å²) >= 11 is 0. The lowest BCUT2D eigenvalue weighted by Crippen LogP contribution is -2.21. The van der Waals surface area contributed by atoms with Crippen LogP contribution in [-0.2, 0) is 13.2 Å². The van der Waals surface area contributed by atoms with Gasteiger partial charge in [-0.3, -0.25) is 4.98 Å². The predicted octanol–water partition coefficient (Wildman–Crippen LogP) is 1.87. The molecule has 0 aliphatic rings. The predicted molar refractivity (Wildman–Crippen MR) is 49.7 cm³/mol. The molecule has 9 heteroatoms. The van der Waals surface area contributed by atoms with Crippen LogP contribution in [0.3, 0.4) is 0 Å². The molecule has 1 aromatic rings. The number of hydrogen-bond donors (Lipinski definition) is 2. The van der Waals surface area contributed by atoms with E-state index in [0.717, 1.165) is 6.20 Å². The van der Waals surface area contributed by atoms with Crippen LogP contribution in [0.25, 0.3) is 0 Å². The fourth-order valence-corrected chi connectivity index (χ4v) is 1.33. The van der Waals surface area contributed by atoms with E-state index in [1.165, 1.54) is 0 Å². The van der Waals surface area contributed by atoms with E-state index < -0.39 is 37.4 Å². The lowest BCUT2D eigenvalue weighted by molar-refractivity contribution is -0.275. The Morgan fingerprint density at radius 1 is 1.39 bits per heavy atom. The van der Waals surface area contributed by atoms with Gasteiger partial charge in [-0.1, -0.05) is 0 Å². The van der Waals surface area contributed by atoms with Gasteiger partial charge in [0.25, 0.3) is 6.43 Å². The van der Waals surface area contributed by atoms with Crippen LogP contribution in [0.4, 0.5) is 22.0 Å². The molecule has 0 bridgehead atoms. The highest BCUT2D eigenvalue weighted by Gasteiger charge is 2.35. The number of halogens is 5. The second-order valence-electron chi connectivity index (χ2n) is 3.19. The monoisotopic (exact) mass is 272 g/mol. The molecule has 1 heterocycles. The van der Waals surface area contributed by atoms with E-state index >= 15 is 0 Å². The zero-order valence-corrected chi connectivity index (χ0v) is 8.84. The Morgan fingerprint density at radius 2 is 2.00 bits per heavy atom. The molecule has 4 nitrogen and oxygen atoms in total. The Kier molecular flexibility index (Phi) is 4.41. The second kappa shape index (κ2) is 5.44. The molecule has 18 heavy (non-hydrogen) atoms. The Labute approximate surface area is 98.2 Å². The first-order chi connectivity index (χ1) is 8.30. The fraction of sp³-hybridized carbons (Fsp3) is 0.444. The van der Waals surface area contributed by atoms with Gasteiger partial charge in [-0.25, -0.2) is 8.78 Å². The summed E-state index contributed by atoms with van der Waals surface area (Å²) < 4.78 is 65.0. The molecule has 0 saturated heterocycles. The summed E-state index contributed by atoms with van der Waals surface area (Å²) in [6.45, 7) is -1.18. The average Bonchev–Trinajstić information content (AvgIpc) is 2.25. The summed E-state index contributed by atoms with van der Waals surface area (Å²) in [6.07, 6.45) is -7.56. The molecule has 102 valence electrons. The first kappa shape index (κ1) is 14.6. The number of nitrogens with two attached hydrogens (primary N) is 1. The topological polar surface area (TPSA) is 68.4 Å². The van der Waals surface area contributed by atoms with E-state index in [-0.39, 0.29) is 11.1 Å². The molecule has 1 rings (SSSR count). The van der Waals surface area contributed by atoms with E-state index in [0.29, 0.717) is 0 Å². The standard InChI is InChI=1S/C9H9F5N2O2/c10-8(11)6-7(18-9(12,13)14)5(1-15)4(3-17)2-16-6/h2,8,17H,1,3,15H2. The number of aliphatic hydroxyl groups is 1. The van der Waals surface area contributed by atoms with Gasteiger partial charge in [0.05, 0.1) is 6.61 Å². The highest BCUT2D eigenvalue weighted by molar-refractivity contribution is 5.42. The normalized spacial score (nSPS) is 12.0. The third kappa shape index (κ3) is 3.26. The van der Waals surface area contributed by atoms with Gasteiger partial charge >= 0.3 is 6.36 Å². The number of aliphatic hydroxyl groups excluding tert-OH is 1.